The lowest BCUT2D eigenvalue weighted by Crippen LogP contribution is -2.17. The lowest BCUT2D eigenvalue weighted by atomic mass is 10.0. The van der Waals surface area contributed by atoms with Gasteiger partial charge in [0, 0.05) is 0 Å². The number of rotatable bonds is 33. The van der Waals surface area contributed by atoms with E-state index in [2.05, 4.69) is 93.6 Å². The van der Waals surface area contributed by atoms with Gasteiger partial charge < -0.3 is 15.0 Å². The molecule has 0 aliphatic carbocycles. The predicted octanol–water partition coefficient (Wildman–Crippen LogP) is 15.9. The van der Waals surface area contributed by atoms with Crippen LogP contribution in [0.4, 0.5) is 4.79 Å². The third-order valence-electron chi connectivity index (χ3n) is 11.2. The smallest absolute Gasteiger partial charge is 0.249 e. The van der Waals surface area contributed by atoms with Gasteiger partial charge in [0.05, 0.1) is 10.9 Å². The van der Waals surface area contributed by atoms with Gasteiger partial charge in [-0.2, -0.15) is 0 Å². The molecule has 1 N–H and O–H groups in total. The van der Waals surface area contributed by atoms with E-state index in [1.165, 1.54) is 224 Å². The highest BCUT2D eigenvalue weighted by Crippen LogP contribution is 2.32. The first kappa shape index (κ1) is 49.4. The van der Waals surface area contributed by atoms with Gasteiger partial charge in [0.2, 0.25) is 6.16 Å². The van der Waals surface area contributed by atoms with Crippen LogP contribution in [0.25, 0.3) is 0 Å². The Hall–Kier alpha value is -2.72. The van der Waals surface area contributed by atoms with E-state index in [0.29, 0.717) is 0 Å². The van der Waals surface area contributed by atoms with E-state index in [4.69, 9.17) is 15.0 Å². The fourth-order valence-corrected chi connectivity index (χ4v) is 9.75. The summed E-state index contributed by atoms with van der Waals surface area (Å²) in [5.41, 5.74) is 4.51. The standard InChI is InChI=1S/C51H81S.CH2O3/c1-4-7-10-13-16-19-22-25-28-31-46-34-40-49(41-35-46)52(50-42-36-47(37-43-50)32-29-26-23-20-17-14-11-8-5-2)51-44-38-48(39-45-51)33-30-27-24-21-18-15-12-9-6-3;2-1(3)4/h34-45H,4-33H2,1-3H3;(H2,2,3,4)/q+1;/p-1. The summed E-state index contributed by atoms with van der Waals surface area (Å²) in [4.78, 5) is 12.8. The highest BCUT2D eigenvalue weighted by Gasteiger charge is 2.28. The Kier molecular flexibility index (Phi) is 30.3. The molecule has 0 atom stereocenters. The molecule has 4 heteroatoms. The monoisotopic (exact) mass is 787 g/mol. The minimum atomic E-state index is -2.08. The molecule has 0 bridgehead atoms. The molecule has 0 saturated heterocycles. The minimum Gasteiger partial charge on any atom is -0.565 e. The summed E-state index contributed by atoms with van der Waals surface area (Å²) in [5, 5.41) is 15.3. The number of aryl methyl sites for hydroxylation is 3. The summed E-state index contributed by atoms with van der Waals surface area (Å²) in [6.45, 7) is 6.92. The average molecular weight is 787 g/mol. The molecule has 0 amide bonds. The van der Waals surface area contributed by atoms with E-state index in [0.717, 1.165) is 0 Å². The van der Waals surface area contributed by atoms with E-state index in [9.17, 15) is 0 Å². The van der Waals surface area contributed by atoms with Crippen LogP contribution >= 0.6 is 0 Å². The fourth-order valence-electron chi connectivity index (χ4n) is 7.70. The van der Waals surface area contributed by atoms with Crippen LogP contribution in [0.15, 0.2) is 87.5 Å². The molecule has 0 spiro atoms. The van der Waals surface area contributed by atoms with Crippen molar-refractivity contribution in [2.24, 2.45) is 0 Å². The van der Waals surface area contributed by atoms with Gasteiger partial charge in [0.15, 0.2) is 14.7 Å². The molecule has 0 aliphatic rings. The van der Waals surface area contributed by atoms with Gasteiger partial charge >= 0.3 is 0 Å². The molecule has 314 valence electrons. The van der Waals surface area contributed by atoms with Crippen LogP contribution in [-0.4, -0.2) is 11.3 Å². The van der Waals surface area contributed by atoms with Crippen LogP contribution in [-0.2, 0) is 30.2 Å². The van der Waals surface area contributed by atoms with E-state index < -0.39 is 6.16 Å². The Morgan fingerprint density at radius 3 is 0.750 bits per heavy atom. The third kappa shape index (κ3) is 24.8. The number of hydrogen-bond acceptors (Lipinski definition) is 2. The van der Waals surface area contributed by atoms with E-state index in [-0.39, 0.29) is 10.9 Å². The molecule has 3 rings (SSSR count). The second-order valence-electron chi connectivity index (χ2n) is 16.2. The molecule has 0 fully saturated rings. The number of carbonyl (C=O) groups is 1. The number of carboxylic acid groups (broad SMARTS) is 2. The lowest BCUT2D eigenvalue weighted by Gasteiger charge is -2.11. The van der Waals surface area contributed by atoms with Gasteiger partial charge in [-0.1, -0.05) is 211 Å². The number of benzene rings is 3. The zero-order valence-corrected chi connectivity index (χ0v) is 37.1. The van der Waals surface area contributed by atoms with E-state index >= 15 is 0 Å². The zero-order chi connectivity index (χ0) is 40.3. The van der Waals surface area contributed by atoms with Crippen molar-refractivity contribution in [2.75, 3.05) is 0 Å². The Balaban J connectivity index is 0.00000258. The molecule has 3 nitrogen and oxygen atoms in total. The van der Waals surface area contributed by atoms with Crippen molar-refractivity contribution in [2.45, 2.75) is 228 Å². The fraction of sp³-hybridized carbons (Fsp3) is 0.635. The van der Waals surface area contributed by atoms with E-state index in [1.807, 2.05) is 0 Å². The summed E-state index contributed by atoms with van der Waals surface area (Å²) < 4.78 is 0. The lowest BCUT2D eigenvalue weighted by molar-refractivity contribution is -0.275. The normalized spacial score (nSPS) is 11.1. The van der Waals surface area contributed by atoms with Crippen LogP contribution in [0.3, 0.4) is 0 Å². The summed E-state index contributed by atoms with van der Waals surface area (Å²) in [5.74, 6) is 0. The molecule has 56 heavy (non-hydrogen) atoms. The summed E-state index contributed by atoms with van der Waals surface area (Å²) in [7, 11) is -0.0811. The quantitative estimate of drug-likeness (QED) is 0.0494. The Morgan fingerprint density at radius 2 is 0.554 bits per heavy atom. The van der Waals surface area contributed by atoms with Crippen molar-refractivity contribution < 1.29 is 15.0 Å². The van der Waals surface area contributed by atoms with Crippen LogP contribution in [0, 0.1) is 0 Å². The maximum atomic E-state index is 8.44. The number of unbranched alkanes of at least 4 members (excludes halogenated alkanes) is 24. The number of hydrogen-bond donors (Lipinski definition) is 1. The van der Waals surface area contributed by atoms with Crippen LogP contribution in [0.2, 0.25) is 0 Å². The van der Waals surface area contributed by atoms with Crippen molar-refractivity contribution in [1.29, 1.82) is 0 Å². The van der Waals surface area contributed by atoms with E-state index in [1.54, 1.807) is 0 Å². The first-order valence-corrected chi connectivity index (χ1v) is 24.6. The second kappa shape index (κ2) is 34.3. The van der Waals surface area contributed by atoms with Crippen molar-refractivity contribution in [3.8, 4) is 0 Å². The molecular weight excluding hydrogens is 705 g/mol. The van der Waals surface area contributed by atoms with Crippen molar-refractivity contribution in [3.05, 3.63) is 89.5 Å². The Morgan fingerprint density at radius 1 is 0.375 bits per heavy atom. The van der Waals surface area contributed by atoms with Crippen molar-refractivity contribution in [1.82, 2.24) is 0 Å². The Bertz CT molecular complexity index is 1160. The zero-order valence-electron chi connectivity index (χ0n) is 36.3. The molecule has 0 heterocycles. The van der Waals surface area contributed by atoms with Crippen molar-refractivity contribution >= 4 is 17.1 Å². The van der Waals surface area contributed by atoms with Gasteiger partial charge in [-0.05, 0) is 91.6 Å². The molecule has 0 unspecified atom stereocenters. The summed E-state index contributed by atoms with van der Waals surface area (Å²) in [6, 6.07) is 29.2. The van der Waals surface area contributed by atoms with Crippen molar-refractivity contribution in [3.63, 3.8) is 0 Å². The van der Waals surface area contributed by atoms with Crippen LogP contribution < -0.4 is 5.11 Å². The third-order valence-corrected chi connectivity index (χ3v) is 13.4. The largest absolute Gasteiger partial charge is 0.565 e. The molecule has 0 aromatic heterocycles. The van der Waals surface area contributed by atoms with Gasteiger partial charge in [0.1, 0.15) is 0 Å². The highest BCUT2D eigenvalue weighted by atomic mass is 32.2. The molecule has 0 radical (unpaired) electrons. The maximum Gasteiger partial charge on any atom is 0.249 e. The molecular formula is C52H82O3S. The first-order chi connectivity index (χ1) is 27.5. The minimum absolute atomic E-state index is 0.0811. The Labute approximate surface area is 348 Å². The first-order valence-electron chi connectivity index (χ1n) is 23.4. The summed E-state index contributed by atoms with van der Waals surface area (Å²) >= 11 is 0. The molecule has 3 aromatic carbocycles. The summed E-state index contributed by atoms with van der Waals surface area (Å²) in [6.07, 6.45) is 39.2. The topological polar surface area (TPSA) is 60.4 Å². The molecule has 0 saturated carbocycles. The van der Waals surface area contributed by atoms with Gasteiger partial charge in [-0.25, -0.2) is 0 Å². The second-order valence-corrected chi connectivity index (χ2v) is 18.3. The van der Waals surface area contributed by atoms with Gasteiger partial charge in [-0.15, -0.1) is 0 Å². The molecule has 0 aliphatic heterocycles. The molecule has 3 aromatic rings. The maximum absolute atomic E-state index is 8.44. The SMILES string of the molecule is CCCCCCCCCCCc1ccc([S+](c2ccc(CCCCCCCCCCC)cc2)c2ccc(CCCCCCCCCCC)cc2)cc1.O=C([O-])O. The van der Waals surface area contributed by atoms with Crippen LogP contribution in [0.1, 0.15) is 211 Å². The van der Waals surface area contributed by atoms with Crippen LogP contribution in [0.5, 0.6) is 0 Å². The highest BCUT2D eigenvalue weighted by molar-refractivity contribution is 7.97. The van der Waals surface area contributed by atoms with Gasteiger partial charge in [-0.3, -0.25) is 0 Å². The van der Waals surface area contributed by atoms with Gasteiger partial charge in [0.25, 0.3) is 0 Å². The predicted molar refractivity (Wildman–Crippen MR) is 242 cm³/mol. The average Bonchev–Trinajstić information content (AvgIpc) is 3.20.